The summed E-state index contributed by atoms with van der Waals surface area (Å²) >= 11 is 1.89. The van der Waals surface area contributed by atoms with Gasteiger partial charge < -0.3 is 9.84 Å². The maximum atomic E-state index is 10.8. The van der Waals surface area contributed by atoms with Crippen molar-refractivity contribution in [2.45, 2.75) is 58.3 Å². The van der Waals surface area contributed by atoms with Crippen LogP contribution in [0.4, 0.5) is 0 Å². The third kappa shape index (κ3) is 3.55. The molecule has 1 aliphatic carbocycles. The van der Waals surface area contributed by atoms with Gasteiger partial charge in [-0.3, -0.25) is 0 Å². The van der Waals surface area contributed by atoms with Crippen molar-refractivity contribution in [3.8, 4) is 16.2 Å². The second-order valence-corrected chi connectivity index (χ2v) is 9.68. The molecule has 1 N–H and O–H groups in total. The molecule has 0 radical (unpaired) electrons. The molecule has 27 heavy (non-hydrogen) atoms. The van der Waals surface area contributed by atoms with E-state index in [9.17, 15) is 4.79 Å². The first-order chi connectivity index (χ1) is 12.6. The van der Waals surface area contributed by atoms with E-state index < -0.39 is 5.97 Å². The highest BCUT2D eigenvalue weighted by atomic mass is 32.1. The Kier molecular flexibility index (Phi) is 4.98. The predicted molar refractivity (Wildman–Crippen MR) is 113 cm³/mol. The molecule has 0 aliphatic heterocycles. The van der Waals surface area contributed by atoms with Crippen LogP contribution in [0.5, 0.6) is 5.75 Å². The first kappa shape index (κ1) is 19.7. The minimum Gasteiger partial charge on any atom is -0.496 e. The van der Waals surface area contributed by atoms with Gasteiger partial charge in [-0.1, -0.05) is 33.8 Å². The zero-order valence-electron chi connectivity index (χ0n) is 17.0. The summed E-state index contributed by atoms with van der Waals surface area (Å²) in [6.07, 6.45) is 5.13. The van der Waals surface area contributed by atoms with Gasteiger partial charge in [0.1, 0.15) is 5.75 Å². The fraction of sp³-hybridized carbons (Fsp3) is 0.435. The number of fused-ring (bicyclic) bond motifs is 1. The number of methoxy groups -OCH3 is 1. The topological polar surface area (TPSA) is 46.5 Å². The number of thiophene rings is 1. The van der Waals surface area contributed by atoms with Gasteiger partial charge in [0.05, 0.1) is 7.11 Å². The van der Waals surface area contributed by atoms with Crippen molar-refractivity contribution in [3.63, 3.8) is 0 Å². The lowest BCUT2D eigenvalue weighted by Gasteiger charge is -2.39. The Morgan fingerprint density at radius 1 is 1.19 bits per heavy atom. The number of carboxylic acids is 1. The molecule has 3 nitrogen and oxygen atoms in total. The smallest absolute Gasteiger partial charge is 0.328 e. The van der Waals surface area contributed by atoms with Crippen LogP contribution in [-0.4, -0.2) is 18.2 Å². The Morgan fingerprint density at radius 2 is 1.85 bits per heavy atom. The number of benzene rings is 1. The molecule has 144 valence electrons. The maximum Gasteiger partial charge on any atom is 0.328 e. The van der Waals surface area contributed by atoms with E-state index in [1.807, 2.05) is 29.5 Å². The highest BCUT2D eigenvalue weighted by Gasteiger charge is 2.41. The van der Waals surface area contributed by atoms with E-state index in [1.54, 1.807) is 13.2 Å². The summed E-state index contributed by atoms with van der Waals surface area (Å²) < 4.78 is 5.66. The van der Waals surface area contributed by atoms with Crippen LogP contribution < -0.4 is 4.74 Å². The molecule has 0 saturated carbocycles. The van der Waals surface area contributed by atoms with E-state index in [0.29, 0.717) is 0 Å². The van der Waals surface area contributed by atoms with Crippen molar-refractivity contribution < 1.29 is 14.6 Å². The standard InChI is InChI=1S/C23H28O3S/c1-14-19-21(23(4,5)12-11-22(19,2)3)27-20(14)16-9-7-15(8-10-18(24)25)13-17(16)26-6/h7-10,13H,11-12H2,1-6H3,(H,24,25). The highest BCUT2D eigenvalue weighted by Crippen LogP contribution is 2.54. The van der Waals surface area contributed by atoms with Gasteiger partial charge in [-0.25, -0.2) is 4.79 Å². The van der Waals surface area contributed by atoms with E-state index in [-0.39, 0.29) is 10.8 Å². The van der Waals surface area contributed by atoms with Crippen LogP contribution in [0.2, 0.25) is 0 Å². The Morgan fingerprint density at radius 3 is 2.44 bits per heavy atom. The zero-order valence-corrected chi connectivity index (χ0v) is 17.8. The van der Waals surface area contributed by atoms with Crippen molar-refractivity contribution in [1.82, 2.24) is 0 Å². The largest absolute Gasteiger partial charge is 0.496 e. The molecule has 0 atom stereocenters. The number of carbonyl (C=O) groups is 1. The maximum absolute atomic E-state index is 10.8. The number of ether oxygens (including phenoxy) is 1. The fourth-order valence-electron chi connectivity index (χ4n) is 4.09. The van der Waals surface area contributed by atoms with Gasteiger partial charge in [0, 0.05) is 21.4 Å². The molecule has 0 unspecified atom stereocenters. The van der Waals surface area contributed by atoms with Crippen molar-refractivity contribution in [2.75, 3.05) is 7.11 Å². The van der Waals surface area contributed by atoms with E-state index >= 15 is 0 Å². The summed E-state index contributed by atoms with van der Waals surface area (Å²) in [7, 11) is 1.67. The molecule has 0 spiro atoms. The summed E-state index contributed by atoms with van der Waals surface area (Å²) in [5.74, 6) is -0.177. The van der Waals surface area contributed by atoms with E-state index in [1.165, 1.54) is 33.7 Å². The number of carboxylic acid groups (broad SMARTS) is 1. The third-order valence-corrected chi connectivity index (χ3v) is 7.39. The number of rotatable bonds is 4. The molecule has 1 aliphatic rings. The van der Waals surface area contributed by atoms with E-state index in [0.717, 1.165) is 23.0 Å². The van der Waals surface area contributed by atoms with Crippen molar-refractivity contribution in [3.05, 3.63) is 45.8 Å². The Hall–Kier alpha value is -2.07. The van der Waals surface area contributed by atoms with Crippen LogP contribution in [-0.2, 0) is 15.6 Å². The summed E-state index contributed by atoms with van der Waals surface area (Å²) in [4.78, 5) is 13.5. The molecule has 1 aromatic carbocycles. The molecular weight excluding hydrogens is 356 g/mol. The highest BCUT2D eigenvalue weighted by molar-refractivity contribution is 7.16. The van der Waals surface area contributed by atoms with Crippen LogP contribution >= 0.6 is 11.3 Å². The van der Waals surface area contributed by atoms with Crippen LogP contribution in [0.1, 0.15) is 62.1 Å². The average Bonchev–Trinajstić information content (AvgIpc) is 2.96. The fourth-order valence-corrected chi connectivity index (χ4v) is 5.74. The zero-order chi connectivity index (χ0) is 20.0. The van der Waals surface area contributed by atoms with Gasteiger partial charge in [0.25, 0.3) is 0 Å². The van der Waals surface area contributed by atoms with Crippen LogP contribution in [0.25, 0.3) is 16.5 Å². The molecule has 1 aromatic heterocycles. The molecule has 4 heteroatoms. The molecule has 0 amide bonds. The second-order valence-electron chi connectivity index (χ2n) is 8.66. The summed E-state index contributed by atoms with van der Waals surface area (Å²) in [6.45, 7) is 11.6. The molecule has 0 fully saturated rings. The van der Waals surface area contributed by atoms with E-state index in [4.69, 9.17) is 9.84 Å². The predicted octanol–water partition coefficient (Wildman–Crippen LogP) is 6.18. The average molecular weight is 385 g/mol. The minimum atomic E-state index is -0.954. The Balaban J connectivity index is 2.15. The molecule has 3 rings (SSSR count). The molecule has 2 aromatic rings. The van der Waals surface area contributed by atoms with Crippen molar-refractivity contribution in [1.29, 1.82) is 0 Å². The number of aliphatic carboxylic acids is 1. The van der Waals surface area contributed by atoms with Gasteiger partial charge in [-0.05, 0) is 65.5 Å². The van der Waals surface area contributed by atoms with Crippen LogP contribution in [0.3, 0.4) is 0 Å². The Labute approximate surface area is 165 Å². The lowest BCUT2D eigenvalue weighted by molar-refractivity contribution is -0.131. The van der Waals surface area contributed by atoms with Gasteiger partial charge in [-0.15, -0.1) is 11.3 Å². The van der Waals surface area contributed by atoms with Crippen LogP contribution in [0, 0.1) is 6.92 Å². The third-order valence-electron chi connectivity index (χ3n) is 5.70. The van der Waals surface area contributed by atoms with Gasteiger partial charge in [-0.2, -0.15) is 0 Å². The monoisotopic (exact) mass is 384 g/mol. The molecular formula is C23H28O3S. The number of hydrogen-bond acceptors (Lipinski definition) is 3. The molecule has 1 heterocycles. The summed E-state index contributed by atoms with van der Waals surface area (Å²) in [6, 6.07) is 5.90. The molecule has 0 saturated heterocycles. The summed E-state index contributed by atoms with van der Waals surface area (Å²) in [5, 5.41) is 8.85. The lowest BCUT2D eigenvalue weighted by atomic mass is 9.66. The minimum absolute atomic E-state index is 0.182. The number of hydrogen-bond donors (Lipinski definition) is 1. The van der Waals surface area contributed by atoms with Crippen molar-refractivity contribution in [2.24, 2.45) is 0 Å². The van der Waals surface area contributed by atoms with Crippen LogP contribution in [0.15, 0.2) is 24.3 Å². The van der Waals surface area contributed by atoms with Gasteiger partial charge >= 0.3 is 5.97 Å². The van der Waals surface area contributed by atoms with Gasteiger partial charge in [0.2, 0.25) is 0 Å². The SMILES string of the molecule is COc1cc(C=CC(=O)O)ccc1-c1sc2c(c1C)C(C)(C)CCC2(C)C. The van der Waals surface area contributed by atoms with Gasteiger partial charge in [0.15, 0.2) is 0 Å². The summed E-state index contributed by atoms with van der Waals surface area (Å²) in [5.41, 5.74) is 5.11. The first-order valence-corrected chi connectivity index (χ1v) is 10.1. The van der Waals surface area contributed by atoms with E-state index in [2.05, 4.69) is 34.6 Å². The normalized spacial score (nSPS) is 17.7. The lowest BCUT2D eigenvalue weighted by Crippen LogP contribution is -2.32. The molecule has 0 bridgehead atoms. The van der Waals surface area contributed by atoms with Crippen molar-refractivity contribution >= 4 is 23.4 Å². The first-order valence-electron chi connectivity index (χ1n) is 9.30. The quantitative estimate of drug-likeness (QED) is 0.640. The second kappa shape index (κ2) is 6.83. The Bertz CT molecular complexity index is 916.